The zero-order chi connectivity index (χ0) is 11.7. The maximum Gasteiger partial charge on any atom is 0.113 e. The van der Waals surface area contributed by atoms with Crippen molar-refractivity contribution in [2.45, 2.75) is 20.0 Å². The highest BCUT2D eigenvalue weighted by Gasteiger charge is 2.14. The standard InChI is InChI=1S/C13H13ClOS/c1-8-3-5-10(14)7-11(8)13(15)12-6-4-9(2)16-12/h3-7,13,15H,1-2H3. The van der Waals surface area contributed by atoms with Crippen molar-refractivity contribution >= 4 is 22.9 Å². The molecule has 0 aliphatic carbocycles. The summed E-state index contributed by atoms with van der Waals surface area (Å²) < 4.78 is 0. The summed E-state index contributed by atoms with van der Waals surface area (Å²) >= 11 is 7.56. The minimum atomic E-state index is -0.572. The Kier molecular flexibility index (Phi) is 3.33. The van der Waals surface area contributed by atoms with Gasteiger partial charge in [-0.1, -0.05) is 17.7 Å². The zero-order valence-electron chi connectivity index (χ0n) is 9.20. The van der Waals surface area contributed by atoms with Gasteiger partial charge in [-0.2, -0.15) is 0 Å². The molecule has 0 aliphatic rings. The van der Waals surface area contributed by atoms with Gasteiger partial charge in [-0.15, -0.1) is 11.3 Å². The molecule has 1 atom stereocenters. The quantitative estimate of drug-likeness (QED) is 0.853. The second-order valence-corrected chi connectivity index (χ2v) is 5.61. The average Bonchev–Trinajstić information content (AvgIpc) is 2.67. The lowest BCUT2D eigenvalue weighted by Crippen LogP contribution is -1.99. The summed E-state index contributed by atoms with van der Waals surface area (Å²) in [4.78, 5) is 2.16. The molecule has 1 N–H and O–H groups in total. The van der Waals surface area contributed by atoms with E-state index in [1.807, 2.05) is 44.2 Å². The van der Waals surface area contributed by atoms with Gasteiger partial charge in [0.05, 0.1) is 0 Å². The molecule has 1 heterocycles. The van der Waals surface area contributed by atoms with Crippen LogP contribution in [0.3, 0.4) is 0 Å². The number of rotatable bonds is 2. The van der Waals surface area contributed by atoms with Crippen LogP contribution in [0.1, 0.15) is 27.0 Å². The summed E-state index contributed by atoms with van der Waals surface area (Å²) in [5.41, 5.74) is 1.94. The van der Waals surface area contributed by atoms with Gasteiger partial charge in [0.15, 0.2) is 0 Å². The molecule has 1 aromatic heterocycles. The molecule has 0 amide bonds. The van der Waals surface area contributed by atoms with E-state index in [4.69, 9.17) is 11.6 Å². The molecular formula is C13H13ClOS. The summed E-state index contributed by atoms with van der Waals surface area (Å²) in [6.45, 7) is 4.01. The van der Waals surface area contributed by atoms with Crippen LogP contribution in [-0.4, -0.2) is 5.11 Å². The van der Waals surface area contributed by atoms with Crippen LogP contribution in [0, 0.1) is 13.8 Å². The minimum absolute atomic E-state index is 0.572. The Labute approximate surface area is 104 Å². The number of thiophene rings is 1. The van der Waals surface area contributed by atoms with Crippen LogP contribution in [0.15, 0.2) is 30.3 Å². The van der Waals surface area contributed by atoms with Crippen LogP contribution in [0.5, 0.6) is 0 Å². The number of hydrogen-bond donors (Lipinski definition) is 1. The molecule has 2 rings (SSSR count). The first kappa shape index (κ1) is 11.6. The first-order valence-electron chi connectivity index (χ1n) is 5.08. The van der Waals surface area contributed by atoms with E-state index in [1.165, 1.54) is 4.88 Å². The van der Waals surface area contributed by atoms with Crippen molar-refractivity contribution < 1.29 is 5.11 Å². The lowest BCUT2D eigenvalue weighted by atomic mass is 10.0. The largest absolute Gasteiger partial charge is 0.383 e. The molecule has 0 saturated carbocycles. The van der Waals surface area contributed by atoms with Gasteiger partial charge < -0.3 is 5.11 Å². The van der Waals surface area contributed by atoms with E-state index in [9.17, 15) is 5.11 Å². The molecule has 0 spiro atoms. The smallest absolute Gasteiger partial charge is 0.113 e. The van der Waals surface area contributed by atoms with Gasteiger partial charge in [0, 0.05) is 14.8 Å². The number of aliphatic hydroxyl groups excluding tert-OH is 1. The van der Waals surface area contributed by atoms with Crippen LogP contribution in [0.4, 0.5) is 0 Å². The molecule has 16 heavy (non-hydrogen) atoms. The first-order chi connectivity index (χ1) is 7.58. The average molecular weight is 253 g/mol. The fourth-order valence-corrected chi connectivity index (χ4v) is 2.72. The highest BCUT2D eigenvalue weighted by atomic mass is 35.5. The van der Waals surface area contributed by atoms with Crippen LogP contribution in [0.25, 0.3) is 0 Å². The summed E-state index contributed by atoms with van der Waals surface area (Å²) in [6, 6.07) is 9.58. The van der Waals surface area contributed by atoms with Gasteiger partial charge in [-0.3, -0.25) is 0 Å². The van der Waals surface area contributed by atoms with E-state index >= 15 is 0 Å². The molecule has 1 nitrogen and oxygen atoms in total. The number of aryl methyl sites for hydroxylation is 2. The second kappa shape index (κ2) is 4.58. The molecule has 0 bridgehead atoms. The highest BCUT2D eigenvalue weighted by Crippen LogP contribution is 2.31. The van der Waals surface area contributed by atoms with Crippen molar-refractivity contribution in [2.24, 2.45) is 0 Å². The van der Waals surface area contributed by atoms with Crippen LogP contribution < -0.4 is 0 Å². The van der Waals surface area contributed by atoms with Gasteiger partial charge in [-0.05, 0) is 49.2 Å². The topological polar surface area (TPSA) is 20.2 Å². The van der Waals surface area contributed by atoms with Crippen molar-refractivity contribution in [1.29, 1.82) is 0 Å². The Balaban J connectivity index is 2.40. The van der Waals surface area contributed by atoms with Gasteiger partial charge >= 0.3 is 0 Å². The summed E-state index contributed by atoms with van der Waals surface area (Å²) in [5.74, 6) is 0. The molecule has 84 valence electrons. The fourth-order valence-electron chi connectivity index (χ4n) is 1.66. The van der Waals surface area contributed by atoms with Crippen molar-refractivity contribution in [3.8, 4) is 0 Å². The first-order valence-corrected chi connectivity index (χ1v) is 6.28. The molecule has 1 unspecified atom stereocenters. The Morgan fingerprint density at radius 1 is 1.19 bits per heavy atom. The van der Waals surface area contributed by atoms with Gasteiger partial charge in [0.2, 0.25) is 0 Å². The van der Waals surface area contributed by atoms with E-state index in [0.717, 1.165) is 16.0 Å². The Morgan fingerprint density at radius 3 is 2.56 bits per heavy atom. The monoisotopic (exact) mass is 252 g/mol. The summed E-state index contributed by atoms with van der Waals surface area (Å²) in [6.07, 6.45) is -0.572. The molecular weight excluding hydrogens is 240 g/mol. The van der Waals surface area contributed by atoms with Crippen LogP contribution in [0.2, 0.25) is 5.02 Å². The Morgan fingerprint density at radius 2 is 1.94 bits per heavy atom. The molecule has 3 heteroatoms. The van der Waals surface area contributed by atoms with Crippen molar-refractivity contribution in [2.75, 3.05) is 0 Å². The van der Waals surface area contributed by atoms with Gasteiger partial charge in [0.1, 0.15) is 6.10 Å². The number of aliphatic hydroxyl groups is 1. The predicted octanol–water partition coefficient (Wildman–Crippen LogP) is 4.10. The SMILES string of the molecule is Cc1ccc(C(O)c2cc(Cl)ccc2C)s1. The third-order valence-electron chi connectivity index (χ3n) is 2.57. The number of hydrogen-bond acceptors (Lipinski definition) is 2. The highest BCUT2D eigenvalue weighted by molar-refractivity contribution is 7.12. The van der Waals surface area contributed by atoms with Gasteiger partial charge in [-0.25, -0.2) is 0 Å². The molecule has 0 fully saturated rings. The molecule has 2 aromatic rings. The maximum absolute atomic E-state index is 10.3. The third kappa shape index (κ3) is 2.29. The molecule has 1 aromatic carbocycles. The molecule has 0 aliphatic heterocycles. The lowest BCUT2D eigenvalue weighted by molar-refractivity contribution is 0.223. The van der Waals surface area contributed by atoms with Crippen molar-refractivity contribution in [1.82, 2.24) is 0 Å². The number of halogens is 1. The van der Waals surface area contributed by atoms with E-state index in [2.05, 4.69) is 0 Å². The third-order valence-corrected chi connectivity index (χ3v) is 3.85. The summed E-state index contributed by atoms with van der Waals surface area (Å²) in [5, 5.41) is 10.9. The van der Waals surface area contributed by atoms with E-state index in [0.29, 0.717) is 5.02 Å². The van der Waals surface area contributed by atoms with Crippen molar-refractivity contribution in [3.63, 3.8) is 0 Å². The number of benzene rings is 1. The molecule has 0 radical (unpaired) electrons. The van der Waals surface area contributed by atoms with Crippen LogP contribution in [-0.2, 0) is 0 Å². The second-order valence-electron chi connectivity index (χ2n) is 3.85. The predicted molar refractivity (Wildman–Crippen MR) is 69.3 cm³/mol. The van der Waals surface area contributed by atoms with E-state index in [1.54, 1.807) is 11.3 Å². The normalized spacial score (nSPS) is 12.8. The fraction of sp³-hybridized carbons (Fsp3) is 0.231. The Hall–Kier alpha value is -0.830. The van der Waals surface area contributed by atoms with Gasteiger partial charge in [0.25, 0.3) is 0 Å². The maximum atomic E-state index is 10.3. The van der Waals surface area contributed by atoms with Crippen molar-refractivity contribution in [3.05, 3.63) is 56.2 Å². The van der Waals surface area contributed by atoms with Crippen LogP contribution >= 0.6 is 22.9 Å². The minimum Gasteiger partial charge on any atom is -0.383 e. The summed E-state index contributed by atoms with van der Waals surface area (Å²) in [7, 11) is 0. The zero-order valence-corrected chi connectivity index (χ0v) is 10.8. The Bertz CT molecular complexity index is 504. The van der Waals surface area contributed by atoms with E-state index < -0.39 is 6.10 Å². The van der Waals surface area contributed by atoms with E-state index in [-0.39, 0.29) is 0 Å². The lowest BCUT2D eigenvalue weighted by Gasteiger charge is -2.12. The molecule has 0 saturated heterocycles.